The maximum Gasteiger partial charge on any atom is 0.254 e. The van der Waals surface area contributed by atoms with Crippen LogP contribution in [-0.4, -0.2) is 42.4 Å². The van der Waals surface area contributed by atoms with Gasteiger partial charge in [-0.25, -0.2) is 9.37 Å². The summed E-state index contributed by atoms with van der Waals surface area (Å²) in [5.41, 5.74) is -0.466. The first-order valence-electron chi connectivity index (χ1n) is 4.80. The van der Waals surface area contributed by atoms with Crippen LogP contribution in [0.1, 0.15) is 10.4 Å². The lowest BCUT2D eigenvalue weighted by atomic mass is 10.2. The second kappa shape index (κ2) is 6.21. The molecule has 7 heteroatoms. The minimum Gasteiger partial charge on any atom is -0.394 e. The molecule has 0 aromatic carbocycles. The summed E-state index contributed by atoms with van der Waals surface area (Å²) in [7, 11) is 1.39. The number of hydrogen-bond donors (Lipinski definition) is 2. The van der Waals surface area contributed by atoms with Crippen molar-refractivity contribution in [3.05, 3.63) is 29.6 Å². The van der Waals surface area contributed by atoms with Gasteiger partial charge in [-0.3, -0.25) is 4.79 Å². The van der Waals surface area contributed by atoms with E-state index in [0.717, 1.165) is 12.3 Å². The number of aliphatic hydroxyl groups is 1. The normalized spacial score (nSPS) is 12.2. The van der Waals surface area contributed by atoms with Crippen molar-refractivity contribution in [2.75, 3.05) is 20.3 Å². The van der Waals surface area contributed by atoms with Crippen molar-refractivity contribution in [1.82, 2.24) is 10.3 Å². The molecular formula is C10H12F2N2O3. The number of nitrogens with one attached hydrogen (secondary N) is 1. The molecule has 0 radical (unpaired) electrons. The van der Waals surface area contributed by atoms with E-state index >= 15 is 0 Å². The number of halogens is 2. The summed E-state index contributed by atoms with van der Waals surface area (Å²) < 4.78 is 30.7. The third-order valence-corrected chi connectivity index (χ3v) is 2.01. The molecule has 1 heterocycles. The Hall–Kier alpha value is -1.60. The van der Waals surface area contributed by atoms with Crippen LogP contribution in [0.15, 0.2) is 12.3 Å². The highest BCUT2D eigenvalue weighted by atomic mass is 19.2. The summed E-state index contributed by atoms with van der Waals surface area (Å²) in [6.07, 6.45) is 0.984. The molecular weight excluding hydrogens is 234 g/mol. The fourth-order valence-electron chi connectivity index (χ4n) is 1.20. The van der Waals surface area contributed by atoms with Crippen molar-refractivity contribution in [1.29, 1.82) is 0 Å². The van der Waals surface area contributed by atoms with Gasteiger partial charge in [-0.1, -0.05) is 0 Å². The predicted molar refractivity (Wildman–Crippen MR) is 54.4 cm³/mol. The zero-order chi connectivity index (χ0) is 12.8. The molecule has 0 spiro atoms. The molecule has 1 aromatic heterocycles. The van der Waals surface area contributed by atoms with Gasteiger partial charge < -0.3 is 15.2 Å². The monoisotopic (exact) mass is 246 g/mol. The zero-order valence-corrected chi connectivity index (χ0v) is 9.11. The van der Waals surface area contributed by atoms with E-state index < -0.39 is 29.3 Å². The number of methoxy groups -OCH3 is 1. The lowest BCUT2D eigenvalue weighted by Crippen LogP contribution is -2.41. The van der Waals surface area contributed by atoms with Crippen molar-refractivity contribution in [3.8, 4) is 0 Å². The lowest BCUT2D eigenvalue weighted by molar-refractivity contribution is 0.0834. The van der Waals surface area contributed by atoms with E-state index in [4.69, 9.17) is 9.84 Å². The number of ether oxygens (including phenoxy) is 1. The minimum absolute atomic E-state index is 0.0669. The highest BCUT2D eigenvalue weighted by Gasteiger charge is 2.18. The highest BCUT2D eigenvalue weighted by molar-refractivity contribution is 5.94. The molecule has 5 nitrogen and oxygen atoms in total. The van der Waals surface area contributed by atoms with Crippen molar-refractivity contribution >= 4 is 5.91 Å². The molecule has 0 aliphatic rings. The third kappa shape index (κ3) is 3.43. The first kappa shape index (κ1) is 13.5. The molecule has 0 saturated heterocycles. The summed E-state index contributed by atoms with van der Waals surface area (Å²) in [5.74, 6) is -3.50. The molecule has 0 bridgehead atoms. The average Bonchev–Trinajstić information content (AvgIpc) is 2.31. The minimum atomic E-state index is -1.34. The van der Waals surface area contributed by atoms with E-state index in [1.165, 1.54) is 7.11 Å². The first-order valence-corrected chi connectivity index (χ1v) is 4.80. The van der Waals surface area contributed by atoms with Crippen molar-refractivity contribution in [2.24, 2.45) is 0 Å². The van der Waals surface area contributed by atoms with E-state index in [0.29, 0.717) is 0 Å². The van der Waals surface area contributed by atoms with Crippen LogP contribution in [0.5, 0.6) is 0 Å². The van der Waals surface area contributed by atoms with Gasteiger partial charge in [0.05, 0.1) is 24.8 Å². The number of aromatic nitrogens is 1. The number of amides is 1. The first-order chi connectivity index (χ1) is 8.10. The van der Waals surface area contributed by atoms with Crippen LogP contribution in [0.2, 0.25) is 0 Å². The Morgan fingerprint density at radius 2 is 2.35 bits per heavy atom. The molecule has 0 saturated carbocycles. The quantitative estimate of drug-likeness (QED) is 0.723. The standard InChI is InChI=1S/C10H12F2N2O3/c1-17-5-6(4-15)14-10(16)7-2-3-13-9(12)8(7)11/h2-3,6,15H,4-5H2,1H3,(H,14,16). The van der Waals surface area contributed by atoms with Gasteiger partial charge in [0.25, 0.3) is 5.91 Å². The highest BCUT2D eigenvalue weighted by Crippen LogP contribution is 2.08. The van der Waals surface area contributed by atoms with E-state index in [-0.39, 0.29) is 13.2 Å². The molecule has 94 valence electrons. The second-order valence-corrected chi connectivity index (χ2v) is 3.27. The Kier molecular flexibility index (Phi) is 4.92. The number of rotatable bonds is 5. The van der Waals surface area contributed by atoms with Gasteiger partial charge in [-0.2, -0.15) is 4.39 Å². The molecule has 0 fully saturated rings. The van der Waals surface area contributed by atoms with Gasteiger partial charge in [0.2, 0.25) is 5.95 Å². The number of aliphatic hydroxyl groups excluding tert-OH is 1. The van der Waals surface area contributed by atoms with Gasteiger partial charge in [-0.15, -0.1) is 0 Å². The molecule has 1 rings (SSSR count). The largest absolute Gasteiger partial charge is 0.394 e. The number of pyridine rings is 1. The third-order valence-electron chi connectivity index (χ3n) is 2.01. The lowest BCUT2D eigenvalue weighted by Gasteiger charge is -2.15. The van der Waals surface area contributed by atoms with Crippen LogP contribution in [-0.2, 0) is 4.74 Å². The number of hydrogen-bond acceptors (Lipinski definition) is 4. The van der Waals surface area contributed by atoms with Gasteiger partial charge in [0, 0.05) is 13.3 Å². The van der Waals surface area contributed by atoms with Crippen LogP contribution in [0.25, 0.3) is 0 Å². The fourth-order valence-corrected chi connectivity index (χ4v) is 1.20. The van der Waals surface area contributed by atoms with Crippen LogP contribution in [0.4, 0.5) is 8.78 Å². The van der Waals surface area contributed by atoms with Gasteiger partial charge in [0.15, 0.2) is 5.82 Å². The predicted octanol–water partition coefficient (Wildman–Crippen LogP) is 0.0969. The van der Waals surface area contributed by atoms with E-state index in [1.807, 2.05) is 0 Å². The van der Waals surface area contributed by atoms with E-state index in [9.17, 15) is 13.6 Å². The van der Waals surface area contributed by atoms with Crippen LogP contribution in [0.3, 0.4) is 0 Å². The topological polar surface area (TPSA) is 71.5 Å². The SMILES string of the molecule is COCC(CO)NC(=O)c1ccnc(F)c1F. The van der Waals surface area contributed by atoms with Crippen LogP contribution in [0, 0.1) is 11.8 Å². The molecule has 1 amide bonds. The molecule has 1 unspecified atom stereocenters. The van der Waals surface area contributed by atoms with Gasteiger partial charge in [0.1, 0.15) is 0 Å². The molecule has 1 aromatic rings. The summed E-state index contributed by atoms with van der Waals surface area (Å²) in [6, 6.07) is 0.373. The number of nitrogens with zero attached hydrogens (tertiary/aromatic N) is 1. The molecule has 2 N–H and O–H groups in total. The number of carbonyl (C=O) groups is 1. The maximum absolute atomic E-state index is 13.2. The smallest absolute Gasteiger partial charge is 0.254 e. The molecule has 17 heavy (non-hydrogen) atoms. The second-order valence-electron chi connectivity index (χ2n) is 3.27. The van der Waals surface area contributed by atoms with Crippen LogP contribution >= 0.6 is 0 Å². The zero-order valence-electron chi connectivity index (χ0n) is 9.11. The Balaban J connectivity index is 2.79. The molecule has 1 atom stereocenters. The Bertz CT molecular complexity index is 401. The Labute approximate surface area is 96.4 Å². The Morgan fingerprint density at radius 3 is 2.94 bits per heavy atom. The van der Waals surface area contributed by atoms with Crippen molar-refractivity contribution in [2.45, 2.75) is 6.04 Å². The van der Waals surface area contributed by atoms with E-state index in [2.05, 4.69) is 10.3 Å². The summed E-state index contributed by atoms with van der Waals surface area (Å²) >= 11 is 0. The fraction of sp³-hybridized carbons (Fsp3) is 0.400. The Morgan fingerprint density at radius 1 is 1.65 bits per heavy atom. The van der Waals surface area contributed by atoms with E-state index in [1.54, 1.807) is 0 Å². The maximum atomic E-state index is 13.2. The van der Waals surface area contributed by atoms with Crippen LogP contribution < -0.4 is 5.32 Å². The molecule has 0 aliphatic carbocycles. The summed E-state index contributed by atoms with van der Waals surface area (Å²) in [5, 5.41) is 11.2. The van der Waals surface area contributed by atoms with Crippen molar-refractivity contribution < 1.29 is 23.4 Å². The summed E-state index contributed by atoms with van der Waals surface area (Å²) in [6.45, 7) is -0.299. The molecule has 0 aliphatic heterocycles. The van der Waals surface area contributed by atoms with Gasteiger partial charge >= 0.3 is 0 Å². The van der Waals surface area contributed by atoms with Crippen molar-refractivity contribution in [3.63, 3.8) is 0 Å². The van der Waals surface area contributed by atoms with Gasteiger partial charge in [-0.05, 0) is 6.07 Å². The summed E-state index contributed by atoms with van der Waals surface area (Å²) in [4.78, 5) is 14.6. The average molecular weight is 246 g/mol. The number of carbonyl (C=O) groups excluding carboxylic acids is 1.